The fourth-order valence-corrected chi connectivity index (χ4v) is 4.23. The van der Waals surface area contributed by atoms with Crippen molar-refractivity contribution < 1.29 is 27.5 Å². The molecule has 0 spiro atoms. The standard InChI is InChI=1S/C21H26N2O6S/c1-4-23(5-2)30(26,27)19-12-7-9-16(13-19)21(25)22-17-10-8-11-18(14-17)29-15-20(24)28-6-3/h7-14H,4-6,15H2,1-3H3,(H,22,25). The summed E-state index contributed by atoms with van der Waals surface area (Å²) in [4.78, 5) is 24.1. The first-order valence-electron chi connectivity index (χ1n) is 9.61. The molecular weight excluding hydrogens is 408 g/mol. The van der Waals surface area contributed by atoms with Crippen molar-refractivity contribution >= 4 is 27.6 Å². The maximum absolute atomic E-state index is 12.7. The normalized spacial score (nSPS) is 11.2. The zero-order valence-corrected chi connectivity index (χ0v) is 18.1. The SMILES string of the molecule is CCOC(=O)COc1cccc(NC(=O)c2cccc(S(=O)(=O)N(CC)CC)c2)c1. The predicted molar refractivity (Wildman–Crippen MR) is 113 cm³/mol. The molecule has 2 rings (SSSR count). The summed E-state index contributed by atoms with van der Waals surface area (Å²) in [5.41, 5.74) is 0.652. The van der Waals surface area contributed by atoms with Crippen molar-refractivity contribution in [1.82, 2.24) is 4.31 Å². The lowest BCUT2D eigenvalue weighted by Gasteiger charge is -2.18. The average Bonchev–Trinajstić information content (AvgIpc) is 2.73. The zero-order chi connectivity index (χ0) is 22.1. The maximum atomic E-state index is 12.7. The maximum Gasteiger partial charge on any atom is 0.344 e. The van der Waals surface area contributed by atoms with Crippen LogP contribution >= 0.6 is 0 Å². The number of nitrogens with one attached hydrogen (secondary N) is 1. The third-order valence-corrected chi connectivity index (χ3v) is 6.24. The van der Waals surface area contributed by atoms with Gasteiger partial charge >= 0.3 is 5.97 Å². The Balaban J connectivity index is 2.13. The van der Waals surface area contributed by atoms with Gasteiger partial charge in [0.2, 0.25) is 10.0 Å². The Kier molecular flexibility index (Phi) is 8.37. The second kappa shape index (κ2) is 10.7. The number of carbonyl (C=O) groups excluding carboxylic acids is 2. The molecule has 0 aliphatic rings. The van der Waals surface area contributed by atoms with Gasteiger partial charge in [0.1, 0.15) is 5.75 Å². The topological polar surface area (TPSA) is 102 Å². The van der Waals surface area contributed by atoms with E-state index in [-0.39, 0.29) is 23.7 Å². The van der Waals surface area contributed by atoms with Gasteiger partial charge in [-0.3, -0.25) is 4.79 Å². The van der Waals surface area contributed by atoms with E-state index in [1.165, 1.54) is 28.6 Å². The van der Waals surface area contributed by atoms with E-state index >= 15 is 0 Å². The number of benzene rings is 2. The summed E-state index contributed by atoms with van der Waals surface area (Å²) in [5.74, 6) is -0.564. The van der Waals surface area contributed by atoms with E-state index in [9.17, 15) is 18.0 Å². The number of nitrogens with zero attached hydrogens (tertiary/aromatic N) is 1. The molecule has 0 fully saturated rings. The first-order valence-corrected chi connectivity index (χ1v) is 11.1. The molecule has 0 saturated heterocycles. The quantitative estimate of drug-likeness (QED) is 0.577. The first kappa shape index (κ1) is 23.4. The van der Waals surface area contributed by atoms with Crippen molar-refractivity contribution in [3.05, 3.63) is 54.1 Å². The van der Waals surface area contributed by atoms with E-state index in [1.54, 1.807) is 45.0 Å². The lowest BCUT2D eigenvalue weighted by atomic mass is 10.2. The number of hydrogen-bond acceptors (Lipinski definition) is 6. The number of sulfonamides is 1. The van der Waals surface area contributed by atoms with Gasteiger partial charge in [-0.1, -0.05) is 26.0 Å². The molecule has 1 N–H and O–H groups in total. The summed E-state index contributed by atoms with van der Waals surface area (Å²) in [6.07, 6.45) is 0. The van der Waals surface area contributed by atoms with E-state index in [4.69, 9.17) is 9.47 Å². The molecule has 2 aromatic carbocycles. The third kappa shape index (κ3) is 6.04. The number of carbonyl (C=O) groups is 2. The summed E-state index contributed by atoms with van der Waals surface area (Å²) in [7, 11) is -3.67. The molecule has 30 heavy (non-hydrogen) atoms. The minimum atomic E-state index is -3.67. The lowest BCUT2D eigenvalue weighted by molar-refractivity contribution is -0.145. The molecule has 2 aromatic rings. The highest BCUT2D eigenvalue weighted by Gasteiger charge is 2.22. The van der Waals surface area contributed by atoms with Crippen LogP contribution in [0, 0.1) is 0 Å². The van der Waals surface area contributed by atoms with E-state index < -0.39 is 21.9 Å². The highest BCUT2D eigenvalue weighted by molar-refractivity contribution is 7.89. The molecule has 0 aliphatic heterocycles. The molecule has 0 aliphatic carbocycles. The molecule has 8 nitrogen and oxygen atoms in total. The second-order valence-electron chi connectivity index (χ2n) is 6.19. The molecule has 0 heterocycles. The van der Waals surface area contributed by atoms with Gasteiger partial charge in [0.25, 0.3) is 5.91 Å². The second-order valence-corrected chi connectivity index (χ2v) is 8.13. The Labute approximate surface area is 176 Å². The van der Waals surface area contributed by atoms with Crippen LogP contribution in [0.1, 0.15) is 31.1 Å². The highest BCUT2D eigenvalue weighted by Crippen LogP contribution is 2.20. The molecule has 0 atom stereocenters. The van der Waals surface area contributed by atoms with Crippen LogP contribution in [0.4, 0.5) is 5.69 Å². The molecule has 0 bridgehead atoms. The van der Waals surface area contributed by atoms with E-state index in [2.05, 4.69) is 5.32 Å². The average molecular weight is 435 g/mol. The first-order chi connectivity index (χ1) is 14.3. The number of hydrogen-bond donors (Lipinski definition) is 1. The molecule has 162 valence electrons. The summed E-state index contributed by atoms with van der Waals surface area (Å²) in [5, 5.41) is 2.70. The largest absolute Gasteiger partial charge is 0.482 e. The van der Waals surface area contributed by atoms with Crippen LogP contribution in [0.3, 0.4) is 0 Å². The van der Waals surface area contributed by atoms with Crippen molar-refractivity contribution in [2.45, 2.75) is 25.7 Å². The zero-order valence-electron chi connectivity index (χ0n) is 17.3. The molecule has 0 radical (unpaired) electrons. The minimum absolute atomic E-state index is 0.0605. The van der Waals surface area contributed by atoms with Crippen molar-refractivity contribution in [2.24, 2.45) is 0 Å². The number of amides is 1. The Morgan fingerprint density at radius 2 is 1.70 bits per heavy atom. The Bertz CT molecular complexity index is 986. The Morgan fingerprint density at radius 3 is 2.37 bits per heavy atom. The van der Waals surface area contributed by atoms with Gasteiger partial charge in [-0.25, -0.2) is 13.2 Å². The van der Waals surface area contributed by atoms with Crippen LogP contribution in [-0.2, 0) is 19.6 Å². The fourth-order valence-electron chi connectivity index (χ4n) is 2.72. The van der Waals surface area contributed by atoms with Crippen LogP contribution < -0.4 is 10.1 Å². The monoisotopic (exact) mass is 434 g/mol. The molecule has 9 heteroatoms. The van der Waals surface area contributed by atoms with Gasteiger partial charge < -0.3 is 14.8 Å². The Morgan fingerprint density at radius 1 is 1.00 bits per heavy atom. The van der Waals surface area contributed by atoms with Crippen LogP contribution in [0.15, 0.2) is 53.4 Å². The van der Waals surface area contributed by atoms with E-state index in [0.717, 1.165) is 0 Å². The summed E-state index contributed by atoms with van der Waals surface area (Å²) in [6, 6.07) is 12.4. The van der Waals surface area contributed by atoms with E-state index in [0.29, 0.717) is 24.5 Å². The molecule has 0 aromatic heterocycles. The van der Waals surface area contributed by atoms with Crippen LogP contribution in [0.25, 0.3) is 0 Å². The molecule has 0 saturated carbocycles. The van der Waals surface area contributed by atoms with Gasteiger partial charge in [0.15, 0.2) is 6.61 Å². The summed E-state index contributed by atoms with van der Waals surface area (Å²) >= 11 is 0. The van der Waals surface area contributed by atoms with Gasteiger partial charge in [-0.05, 0) is 37.3 Å². The van der Waals surface area contributed by atoms with Gasteiger partial charge in [-0.2, -0.15) is 4.31 Å². The number of rotatable bonds is 10. The van der Waals surface area contributed by atoms with Gasteiger partial charge in [0, 0.05) is 30.4 Å². The summed E-state index contributed by atoms with van der Waals surface area (Å²) in [6.45, 7) is 5.93. The fraction of sp³-hybridized carbons (Fsp3) is 0.333. The van der Waals surface area contributed by atoms with Gasteiger partial charge in [-0.15, -0.1) is 0 Å². The lowest BCUT2D eigenvalue weighted by Crippen LogP contribution is -2.30. The van der Waals surface area contributed by atoms with Crippen molar-refractivity contribution in [1.29, 1.82) is 0 Å². The smallest absolute Gasteiger partial charge is 0.344 e. The Hall–Kier alpha value is -2.91. The molecular formula is C21H26N2O6S. The predicted octanol–water partition coefficient (Wildman–Crippen LogP) is 2.91. The van der Waals surface area contributed by atoms with E-state index in [1.807, 2.05) is 0 Å². The third-order valence-electron chi connectivity index (χ3n) is 4.19. The van der Waals surface area contributed by atoms with Crippen molar-refractivity contribution in [3.8, 4) is 5.75 Å². The summed E-state index contributed by atoms with van der Waals surface area (Å²) < 4.78 is 36.9. The highest BCUT2D eigenvalue weighted by atomic mass is 32.2. The van der Waals surface area contributed by atoms with Crippen LogP contribution in [0.5, 0.6) is 5.75 Å². The van der Waals surface area contributed by atoms with Crippen LogP contribution in [-0.4, -0.2) is 50.9 Å². The number of anilines is 1. The van der Waals surface area contributed by atoms with Gasteiger partial charge in [0.05, 0.1) is 11.5 Å². The minimum Gasteiger partial charge on any atom is -0.482 e. The van der Waals surface area contributed by atoms with Crippen LogP contribution in [0.2, 0.25) is 0 Å². The number of esters is 1. The number of ether oxygens (including phenoxy) is 2. The molecule has 1 amide bonds. The van der Waals surface area contributed by atoms with Crippen molar-refractivity contribution in [2.75, 3.05) is 31.6 Å². The van der Waals surface area contributed by atoms with Crippen molar-refractivity contribution in [3.63, 3.8) is 0 Å². The molecule has 0 unspecified atom stereocenters.